The first kappa shape index (κ1) is 10.6. The fraction of sp³-hybridized carbons (Fsp3) is 0.778. The quantitative estimate of drug-likeness (QED) is 0.638. The zero-order valence-electron chi connectivity index (χ0n) is 8.46. The maximum absolute atomic E-state index is 11.4. The highest BCUT2D eigenvalue weighted by atomic mass is 32.2. The van der Waals surface area contributed by atoms with Crippen LogP contribution in [0.1, 0.15) is 20.8 Å². The molecular formula is C9H15NO2S. The van der Waals surface area contributed by atoms with Crippen molar-refractivity contribution in [3.8, 4) is 0 Å². The average molecular weight is 201 g/mol. The van der Waals surface area contributed by atoms with Gasteiger partial charge in [0, 0.05) is 11.7 Å². The van der Waals surface area contributed by atoms with E-state index in [1.807, 2.05) is 6.92 Å². The Morgan fingerprint density at radius 3 is 2.69 bits per heavy atom. The summed E-state index contributed by atoms with van der Waals surface area (Å²) in [6.45, 7) is 5.98. The highest BCUT2D eigenvalue weighted by Crippen LogP contribution is 2.31. The topological polar surface area (TPSA) is 38.7 Å². The molecule has 74 valence electrons. The molecule has 0 aliphatic carbocycles. The summed E-state index contributed by atoms with van der Waals surface area (Å²) in [7, 11) is 1.40. The number of rotatable bonds is 2. The molecule has 0 unspecified atom stereocenters. The van der Waals surface area contributed by atoms with E-state index in [9.17, 15) is 4.79 Å². The van der Waals surface area contributed by atoms with Gasteiger partial charge in [0.1, 0.15) is 0 Å². The number of aliphatic imine (C=N–C) groups is 1. The largest absolute Gasteiger partial charge is 0.467 e. The van der Waals surface area contributed by atoms with Crippen molar-refractivity contribution in [2.24, 2.45) is 10.9 Å². The van der Waals surface area contributed by atoms with Crippen LogP contribution in [0.15, 0.2) is 4.99 Å². The van der Waals surface area contributed by atoms with Crippen LogP contribution in [0, 0.1) is 5.92 Å². The van der Waals surface area contributed by atoms with E-state index < -0.39 is 5.54 Å². The molecule has 0 fully saturated rings. The minimum atomic E-state index is -0.654. The molecule has 13 heavy (non-hydrogen) atoms. The van der Waals surface area contributed by atoms with Gasteiger partial charge in [0.2, 0.25) is 0 Å². The van der Waals surface area contributed by atoms with E-state index in [4.69, 9.17) is 4.74 Å². The molecule has 0 N–H and O–H groups in total. The van der Waals surface area contributed by atoms with Crippen LogP contribution in [0.4, 0.5) is 0 Å². The first-order valence-corrected chi connectivity index (χ1v) is 5.29. The smallest absolute Gasteiger partial charge is 0.334 e. The number of esters is 1. The van der Waals surface area contributed by atoms with Gasteiger partial charge in [-0.15, -0.1) is 11.8 Å². The zero-order valence-corrected chi connectivity index (χ0v) is 9.27. The second-order valence-electron chi connectivity index (χ2n) is 3.66. The van der Waals surface area contributed by atoms with E-state index in [1.54, 1.807) is 11.8 Å². The van der Waals surface area contributed by atoms with Gasteiger partial charge >= 0.3 is 5.97 Å². The molecular weight excluding hydrogens is 186 g/mol. The Morgan fingerprint density at radius 1 is 1.69 bits per heavy atom. The van der Waals surface area contributed by atoms with E-state index in [2.05, 4.69) is 18.8 Å². The van der Waals surface area contributed by atoms with Crippen LogP contribution in [0.2, 0.25) is 0 Å². The Hall–Kier alpha value is -0.510. The second-order valence-corrected chi connectivity index (χ2v) is 4.65. The predicted octanol–water partition coefficient (Wildman–Crippen LogP) is 1.72. The van der Waals surface area contributed by atoms with E-state index in [1.165, 1.54) is 7.11 Å². The summed E-state index contributed by atoms with van der Waals surface area (Å²) in [4.78, 5) is 15.8. The first-order chi connectivity index (χ1) is 5.99. The van der Waals surface area contributed by atoms with Gasteiger partial charge in [0.05, 0.1) is 12.2 Å². The maximum Gasteiger partial charge on any atom is 0.334 e. The fourth-order valence-electron chi connectivity index (χ4n) is 1.14. The number of methoxy groups -OCH3 is 1. The Kier molecular flexibility index (Phi) is 3.01. The van der Waals surface area contributed by atoms with Gasteiger partial charge in [-0.05, 0) is 6.92 Å². The summed E-state index contributed by atoms with van der Waals surface area (Å²) in [6.07, 6.45) is 0. The summed E-state index contributed by atoms with van der Waals surface area (Å²) < 4.78 is 4.71. The molecule has 3 nitrogen and oxygen atoms in total. The summed E-state index contributed by atoms with van der Waals surface area (Å²) >= 11 is 1.65. The Balaban J connectivity index is 2.80. The molecule has 1 heterocycles. The van der Waals surface area contributed by atoms with Crippen LogP contribution < -0.4 is 0 Å². The van der Waals surface area contributed by atoms with Crippen molar-refractivity contribution in [3.05, 3.63) is 0 Å². The average Bonchev–Trinajstić information content (AvgIpc) is 2.48. The molecule has 0 aromatic rings. The summed E-state index contributed by atoms with van der Waals surface area (Å²) in [5.41, 5.74) is -0.654. The third-order valence-electron chi connectivity index (χ3n) is 1.98. The van der Waals surface area contributed by atoms with Crippen LogP contribution in [0.3, 0.4) is 0 Å². The van der Waals surface area contributed by atoms with Gasteiger partial charge in [-0.3, -0.25) is 4.99 Å². The number of nitrogens with zero attached hydrogens (tertiary/aromatic N) is 1. The van der Waals surface area contributed by atoms with Crippen molar-refractivity contribution in [1.82, 2.24) is 0 Å². The Labute approximate surface area is 82.9 Å². The third-order valence-corrected chi connectivity index (χ3v) is 3.54. The standard InChI is InChI=1S/C9H15NO2S/c1-6(2)7-10-9(3,5-13-7)8(11)12-4/h6H,5H2,1-4H3/t9-/m1/s1. The van der Waals surface area contributed by atoms with Crippen LogP contribution in [0.5, 0.6) is 0 Å². The van der Waals surface area contributed by atoms with Gasteiger partial charge < -0.3 is 4.74 Å². The van der Waals surface area contributed by atoms with Gasteiger partial charge in [0.25, 0.3) is 0 Å². The van der Waals surface area contributed by atoms with Crippen LogP contribution in [-0.2, 0) is 9.53 Å². The highest BCUT2D eigenvalue weighted by Gasteiger charge is 2.39. The van der Waals surface area contributed by atoms with Crippen molar-refractivity contribution in [2.45, 2.75) is 26.3 Å². The fourth-order valence-corrected chi connectivity index (χ4v) is 2.35. The van der Waals surface area contributed by atoms with Crippen molar-refractivity contribution >= 4 is 22.8 Å². The van der Waals surface area contributed by atoms with E-state index in [0.29, 0.717) is 11.7 Å². The lowest BCUT2D eigenvalue weighted by Crippen LogP contribution is -2.34. The number of hydrogen-bond donors (Lipinski definition) is 0. The molecule has 1 atom stereocenters. The minimum Gasteiger partial charge on any atom is -0.467 e. The second kappa shape index (κ2) is 3.70. The number of carbonyl (C=O) groups excluding carboxylic acids is 1. The van der Waals surface area contributed by atoms with Crippen LogP contribution in [0.25, 0.3) is 0 Å². The van der Waals surface area contributed by atoms with Crippen molar-refractivity contribution in [3.63, 3.8) is 0 Å². The summed E-state index contributed by atoms with van der Waals surface area (Å²) in [5, 5.41) is 1.05. The Bertz CT molecular complexity index is 250. The number of ether oxygens (including phenoxy) is 1. The first-order valence-electron chi connectivity index (χ1n) is 4.30. The minimum absolute atomic E-state index is 0.240. The molecule has 0 saturated carbocycles. The molecule has 0 bridgehead atoms. The monoisotopic (exact) mass is 201 g/mol. The molecule has 1 aliphatic rings. The van der Waals surface area contributed by atoms with E-state index >= 15 is 0 Å². The summed E-state index contributed by atoms with van der Waals surface area (Å²) in [5.74, 6) is 0.861. The normalized spacial score (nSPS) is 27.6. The van der Waals surface area contributed by atoms with Gasteiger partial charge in [-0.2, -0.15) is 0 Å². The predicted molar refractivity (Wildman–Crippen MR) is 55.2 cm³/mol. The van der Waals surface area contributed by atoms with E-state index in [-0.39, 0.29) is 5.97 Å². The summed E-state index contributed by atoms with van der Waals surface area (Å²) in [6, 6.07) is 0. The van der Waals surface area contributed by atoms with Gasteiger partial charge in [0.15, 0.2) is 5.54 Å². The highest BCUT2D eigenvalue weighted by molar-refractivity contribution is 8.14. The SMILES string of the molecule is COC(=O)[C@@]1(C)CSC(C(C)C)=N1. The lowest BCUT2D eigenvalue weighted by atomic mass is 10.1. The number of thioether (sulfide) groups is 1. The van der Waals surface area contributed by atoms with E-state index in [0.717, 1.165) is 5.04 Å². The number of carbonyl (C=O) groups is 1. The van der Waals surface area contributed by atoms with Crippen molar-refractivity contribution in [1.29, 1.82) is 0 Å². The maximum atomic E-state index is 11.4. The molecule has 0 aromatic carbocycles. The third kappa shape index (κ3) is 2.05. The van der Waals surface area contributed by atoms with Crippen molar-refractivity contribution in [2.75, 3.05) is 12.9 Å². The van der Waals surface area contributed by atoms with Crippen LogP contribution in [-0.4, -0.2) is 29.4 Å². The van der Waals surface area contributed by atoms with Crippen LogP contribution >= 0.6 is 11.8 Å². The number of hydrogen-bond acceptors (Lipinski definition) is 4. The Morgan fingerprint density at radius 2 is 2.31 bits per heavy atom. The molecule has 4 heteroatoms. The van der Waals surface area contributed by atoms with Crippen molar-refractivity contribution < 1.29 is 9.53 Å². The lowest BCUT2D eigenvalue weighted by Gasteiger charge is -2.15. The molecule has 1 rings (SSSR count). The molecule has 1 aliphatic heterocycles. The lowest BCUT2D eigenvalue weighted by molar-refractivity contribution is -0.145. The zero-order chi connectivity index (χ0) is 10.1. The molecule has 0 saturated heterocycles. The molecule has 0 spiro atoms. The van der Waals surface area contributed by atoms with Gasteiger partial charge in [-0.25, -0.2) is 4.79 Å². The molecule has 0 aromatic heterocycles. The molecule has 0 amide bonds. The molecule has 0 radical (unpaired) electrons. The van der Waals surface area contributed by atoms with Gasteiger partial charge in [-0.1, -0.05) is 13.8 Å².